The monoisotopic (exact) mass is 186 g/mol. The number of cyclic esters (lactones) is 1. The number of hydrogen-bond donors (Lipinski definition) is 0. The van der Waals surface area contributed by atoms with Gasteiger partial charge in [0, 0.05) is 27.1 Å². The minimum Gasteiger partial charge on any atom is -0.448 e. The Kier molecular flexibility index (Phi) is 3.11. The zero-order valence-corrected chi connectivity index (χ0v) is 7.95. The van der Waals surface area contributed by atoms with E-state index in [1.54, 1.807) is 19.0 Å². The minimum atomic E-state index is -0.313. The molecule has 13 heavy (non-hydrogen) atoms. The van der Waals surface area contributed by atoms with Gasteiger partial charge in [0.1, 0.15) is 6.61 Å². The number of rotatable bonds is 3. The van der Waals surface area contributed by atoms with E-state index in [0.717, 1.165) is 0 Å². The van der Waals surface area contributed by atoms with E-state index in [0.29, 0.717) is 26.1 Å². The largest absolute Gasteiger partial charge is 0.448 e. The van der Waals surface area contributed by atoms with Gasteiger partial charge in [0.05, 0.1) is 6.54 Å². The lowest BCUT2D eigenvalue weighted by atomic mass is 10.3. The summed E-state index contributed by atoms with van der Waals surface area (Å²) >= 11 is 0. The molecule has 0 atom stereocenters. The third kappa shape index (κ3) is 2.61. The predicted molar refractivity (Wildman–Crippen MR) is 46.2 cm³/mol. The van der Waals surface area contributed by atoms with Gasteiger partial charge in [0.25, 0.3) is 0 Å². The molecule has 0 spiro atoms. The highest BCUT2D eigenvalue weighted by Gasteiger charge is 2.22. The van der Waals surface area contributed by atoms with Crippen LogP contribution < -0.4 is 0 Å². The first-order valence-electron chi connectivity index (χ1n) is 4.23. The molecule has 0 aromatic carbocycles. The zero-order chi connectivity index (χ0) is 9.84. The van der Waals surface area contributed by atoms with Gasteiger partial charge in [0.2, 0.25) is 5.91 Å². The van der Waals surface area contributed by atoms with E-state index in [9.17, 15) is 9.59 Å². The lowest BCUT2D eigenvalue weighted by Gasteiger charge is -2.14. The number of carbonyl (C=O) groups excluding carboxylic acids is 2. The van der Waals surface area contributed by atoms with Crippen molar-refractivity contribution in [3.8, 4) is 0 Å². The Morgan fingerprint density at radius 1 is 1.62 bits per heavy atom. The Labute approximate surface area is 77.2 Å². The summed E-state index contributed by atoms with van der Waals surface area (Å²) in [5.74, 6) is 0.0275. The highest BCUT2D eigenvalue weighted by Crippen LogP contribution is 2.04. The van der Waals surface area contributed by atoms with Crippen LogP contribution in [0.5, 0.6) is 0 Å². The number of ether oxygens (including phenoxy) is 1. The Bertz CT molecular complexity index is 215. The van der Waals surface area contributed by atoms with E-state index >= 15 is 0 Å². The van der Waals surface area contributed by atoms with Crippen molar-refractivity contribution in [1.82, 2.24) is 9.80 Å². The van der Waals surface area contributed by atoms with Gasteiger partial charge in [0.15, 0.2) is 0 Å². The molecule has 0 saturated carbocycles. The molecule has 74 valence electrons. The number of carbonyl (C=O) groups is 2. The van der Waals surface area contributed by atoms with Gasteiger partial charge in [-0.3, -0.25) is 4.79 Å². The first-order chi connectivity index (χ1) is 6.11. The standard InChI is InChI=1S/C8H14N2O3/c1-9(2)7(11)3-4-10-5-6-13-8(10)12/h3-6H2,1-2H3. The summed E-state index contributed by atoms with van der Waals surface area (Å²) in [4.78, 5) is 25.1. The molecule has 0 aliphatic carbocycles. The summed E-state index contributed by atoms with van der Waals surface area (Å²) in [6.45, 7) is 1.49. The molecule has 5 nitrogen and oxygen atoms in total. The maximum atomic E-state index is 11.2. The lowest BCUT2D eigenvalue weighted by Crippen LogP contribution is -2.30. The van der Waals surface area contributed by atoms with Crippen LogP contribution >= 0.6 is 0 Å². The van der Waals surface area contributed by atoms with Crippen LogP contribution in [0.25, 0.3) is 0 Å². The van der Waals surface area contributed by atoms with Gasteiger partial charge in [-0.15, -0.1) is 0 Å². The van der Waals surface area contributed by atoms with Crippen molar-refractivity contribution in [3.05, 3.63) is 0 Å². The summed E-state index contributed by atoms with van der Waals surface area (Å²) in [7, 11) is 3.40. The quantitative estimate of drug-likeness (QED) is 0.619. The molecule has 2 amide bonds. The maximum Gasteiger partial charge on any atom is 0.409 e. The average Bonchev–Trinajstić information content (AvgIpc) is 2.47. The molecular formula is C8H14N2O3. The van der Waals surface area contributed by atoms with Gasteiger partial charge in [-0.25, -0.2) is 4.79 Å². The van der Waals surface area contributed by atoms with Crippen LogP contribution in [0, 0.1) is 0 Å². The SMILES string of the molecule is CN(C)C(=O)CCN1CCOC1=O. The molecule has 1 rings (SSSR count). The number of nitrogens with zero attached hydrogens (tertiary/aromatic N) is 2. The molecule has 0 aromatic heterocycles. The second kappa shape index (κ2) is 4.11. The third-order valence-electron chi connectivity index (χ3n) is 1.94. The normalized spacial score (nSPS) is 15.8. The van der Waals surface area contributed by atoms with Crippen LogP contribution in [0.3, 0.4) is 0 Å². The lowest BCUT2D eigenvalue weighted by molar-refractivity contribution is -0.128. The van der Waals surface area contributed by atoms with Crippen molar-refractivity contribution in [3.63, 3.8) is 0 Å². The summed E-state index contributed by atoms with van der Waals surface area (Å²) in [5, 5.41) is 0. The van der Waals surface area contributed by atoms with E-state index < -0.39 is 0 Å². The molecule has 0 aromatic rings. The predicted octanol–water partition coefficient (Wildman–Crippen LogP) is -0.0831. The first-order valence-corrected chi connectivity index (χ1v) is 4.23. The first kappa shape index (κ1) is 9.83. The van der Waals surface area contributed by atoms with E-state index in [-0.39, 0.29) is 12.0 Å². The molecule has 0 N–H and O–H groups in total. The smallest absolute Gasteiger partial charge is 0.409 e. The minimum absolute atomic E-state index is 0.0275. The molecule has 5 heteroatoms. The Morgan fingerprint density at radius 3 is 2.77 bits per heavy atom. The van der Waals surface area contributed by atoms with Crippen molar-refractivity contribution in [2.75, 3.05) is 33.8 Å². The Balaban J connectivity index is 2.26. The molecule has 0 bridgehead atoms. The van der Waals surface area contributed by atoms with E-state index in [1.807, 2.05) is 0 Å². The summed E-state index contributed by atoms with van der Waals surface area (Å²) < 4.78 is 4.72. The maximum absolute atomic E-state index is 11.2. The highest BCUT2D eigenvalue weighted by molar-refractivity contribution is 5.76. The van der Waals surface area contributed by atoms with E-state index in [2.05, 4.69) is 0 Å². The van der Waals surface area contributed by atoms with Crippen molar-refractivity contribution >= 4 is 12.0 Å². The molecule has 1 aliphatic rings. The highest BCUT2D eigenvalue weighted by atomic mass is 16.6. The third-order valence-corrected chi connectivity index (χ3v) is 1.94. The fraction of sp³-hybridized carbons (Fsp3) is 0.750. The van der Waals surface area contributed by atoms with Gasteiger partial charge in [-0.2, -0.15) is 0 Å². The van der Waals surface area contributed by atoms with Crippen LogP contribution in [0.1, 0.15) is 6.42 Å². The molecule has 1 aliphatic heterocycles. The van der Waals surface area contributed by atoms with Crippen molar-refractivity contribution in [1.29, 1.82) is 0 Å². The topological polar surface area (TPSA) is 49.9 Å². The molecule has 1 saturated heterocycles. The summed E-state index contributed by atoms with van der Waals surface area (Å²) in [6, 6.07) is 0. The van der Waals surface area contributed by atoms with Crippen molar-refractivity contribution in [2.24, 2.45) is 0 Å². The van der Waals surface area contributed by atoms with Crippen LogP contribution in [0.4, 0.5) is 4.79 Å². The van der Waals surface area contributed by atoms with Gasteiger partial charge in [-0.05, 0) is 0 Å². The Morgan fingerprint density at radius 2 is 2.31 bits per heavy atom. The average molecular weight is 186 g/mol. The second-order valence-corrected chi connectivity index (χ2v) is 3.14. The second-order valence-electron chi connectivity index (χ2n) is 3.14. The van der Waals surface area contributed by atoms with Gasteiger partial charge < -0.3 is 14.5 Å². The fourth-order valence-corrected chi connectivity index (χ4v) is 1.08. The van der Waals surface area contributed by atoms with Crippen molar-refractivity contribution in [2.45, 2.75) is 6.42 Å². The van der Waals surface area contributed by atoms with E-state index in [1.165, 1.54) is 4.90 Å². The molecule has 1 fully saturated rings. The molecule has 0 radical (unpaired) electrons. The summed E-state index contributed by atoms with van der Waals surface area (Å²) in [6.07, 6.45) is 0.0498. The zero-order valence-electron chi connectivity index (χ0n) is 7.95. The number of hydrogen-bond acceptors (Lipinski definition) is 3. The molecular weight excluding hydrogens is 172 g/mol. The Hall–Kier alpha value is -1.26. The van der Waals surface area contributed by atoms with Gasteiger partial charge in [-0.1, -0.05) is 0 Å². The van der Waals surface area contributed by atoms with Crippen LogP contribution in [-0.4, -0.2) is 55.6 Å². The van der Waals surface area contributed by atoms with Crippen LogP contribution in [-0.2, 0) is 9.53 Å². The van der Waals surface area contributed by atoms with Crippen LogP contribution in [0.15, 0.2) is 0 Å². The number of amides is 2. The molecule has 1 heterocycles. The van der Waals surface area contributed by atoms with Gasteiger partial charge >= 0.3 is 6.09 Å². The molecule has 0 unspecified atom stereocenters. The fourth-order valence-electron chi connectivity index (χ4n) is 1.08. The van der Waals surface area contributed by atoms with E-state index in [4.69, 9.17) is 4.74 Å². The summed E-state index contributed by atoms with van der Waals surface area (Å²) in [5.41, 5.74) is 0. The van der Waals surface area contributed by atoms with Crippen molar-refractivity contribution < 1.29 is 14.3 Å². The van der Waals surface area contributed by atoms with Crippen LogP contribution in [0.2, 0.25) is 0 Å².